The fraction of sp³-hybridized carbons (Fsp3) is 0.0833. The number of carbonyl (C=O) groups excluding carboxylic acids is 1. The molecule has 5 nitrogen and oxygen atoms in total. The number of benzene rings is 3. The van der Waals surface area contributed by atoms with Crippen LogP contribution in [-0.4, -0.2) is 13.0 Å². The van der Waals surface area contributed by atoms with Crippen molar-refractivity contribution in [2.45, 2.75) is 6.61 Å². The molecule has 0 aromatic heterocycles. The Bertz CT molecular complexity index is 1180. The smallest absolute Gasteiger partial charge is 0.266 e. The SMILES string of the molecule is COc1ccc(NC(=O)/C(C#N)=C\c2cc(Br)c(OCc3ccccc3Cl)c(Br)c2)cc1. The first-order valence-electron chi connectivity index (χ1n) is 9.33. The third-order valence-corrected chi connectivity index (χ3v) is 5.92. The van der Waals surface area contributed by atoms with E-state index in [1.54, 1.807) is 49.6 Å². The number of halogens is 3. The minimum Gasteiger partial charge on any atom is -0.497 e. The highest BCUT2D eigenvalue weighted by atomic mass is 79.9. The average Bonchev–Trinajstić information content (AvgIpc) is 2.78. The lowest BCUT2D eigenvalue weighted by molar-refractivity contribution is -0.112. The predicted octanol–water partition coefficient (Wildman–Crippen LogP) is 7.00. The van der Waals surface area contributed by atoms with Crippen LogP contribution in [0, 0.1) is 11.3 Å². The van der Waals surface area contributed by atoms with Gasteiger partial charge in [-0.3, -0.25) is 4.79 Å². The van der Waals surface area contributed by atoms with Gasteiger partial charge in [-0.2, -0.15) is 5.26 Å². The van der Waals surface area contributed by atoms with Crippen LogP contribution in [0.4, 0.5) is 5.69 Å². The van der Waals surface area contributed by atoms with Crippen molar-refractivity contribution < 1.29 is 14.3 Å². The summed E-state index contributed by atoms with van der Waals surface area (Å²) in [5, 5.41) is 12.8. The molecule has 0 radical (unpaired) electrons. The van der Waals surface area contributed by atoms with Crippen LogP contribution in [0.1, 0.15) is 11.1 Å². The molecular formula is C24H17Br2ClN2O3. The molecule has 32 heavy (non-hydrogen) atoms. The van der Waals surface area contributed by atoms with Gasteiger partial charge < -0.3 is 14.8 Å². The van der Waals surface area contributed by atoms with Gasteiger partial charge in [-0.15, -0.1) is 0 Å². The third-order valence-electron chi connectivity index (χ3n) is 4.37. The Morgan fingerprint density at radius 1 is 1.12 bits per heavy atom. The molecule has 8 heteroatoms. The van der Waals surface area contributed by atoms with Crippen molar-refractivity contribution in [1.29, 1.82) is 5.26 Å². The standard InChI is InChI=1S/C24H17Br2ClN2O3/c1-31-19-8-6-18(7-9-19)29-24(30)17(13-28)10-15-11-20(25)23(21(26)12-15)32-14-16-4-2-3-5-22(16)27/h2-12H,14H2,1H3,(H,29,30)/b17-10-. The van der Waals surface area contributed by atoms with Crippen LogP contribution in [-0.2, 0) is 11.4 Å². The number of ether oxygens (including phenoxy) is 2. The highest BCUT2D eigenvalue weighted by Gasteiger charge is 2.13. The van der Waals surface area contributed by atoms with E-state index in [1.807, 2.05) is 24.3 Å². The van der Waals surface area contributed by atoms with Crippen LogP contribution in [0.15, 0.2) is 75.2 Å². The minimum atomic E-state index is -0.510. The van der Waals surface area contributed by atoms with Gasteiger partial charge in [0.05, 0.1) is 16.1 Å². The Kier molecular flexibility index (Phi) is 8.34. The molecule has 0 bridgehead atoms. The molecule has 0 aliphatic heterocycles. The number of amides is 1. The first kappa shape index (κ1) is 23.9. The van der Waals surface area contributed by atoms with Crippen LogP contribution in [0.2, 0.25) is 5.02 Å². The van der Waals surface area contributed by atoms with Gasteiger partial charge in [0.15, 0.2) is 0 Å². The van der Waals surface area contributed by atoms with E-state index in [0.29, 0.717) is 43.3 Å². The first-order chi connectivity index (χ1) is 15.4. The fourth-order valence-electron chi connectivity index (χ4n) is 2.75. The van der Waals surface area contributed by atoms with E-state index in [2.05, 4.69) is 37.2 Å². The monoisotopic (exact) mass is 574 g/mol. The number of nitrogens with zero attached hydrogens (tertiary/aromatic N) is 1. The molecule has 3 rings (SSSR count). The van der Waals surface area contributed by atoms with Crippen LogP contribution in [0.25, 0.3) is 6.08 Å². The van der Waals surface area contributed by atoms with Crippen molar-refractivity contribution in [1.82, 2.24) is 0 Å². The van der Waals surface area contributed by atoms with E-state index in [9.17, 15) is 10.1 Å². The molecular weight excluding hydrogens is 560 g/mol. The maximum absolute atomic E-state index is 12.5. The number of rotatable bonds is 7. The minimum absolute atomic E-state index is 0.0376. The zero-order valence-electron chi connectivity index (χ0n) is 16.9. The topological polar surface area (TPSA) is 71.3 Å². The second-order valence-corrected chi connectivity index (χ2v) is 8.66. The second-order valence-electron chi connectivity index (χ2n) is 6.55. The largest absolute Gasteiger partial charge is 0.497 e. The summed E-state index contributed by atoms with van der Waals surface area (Å²) in [6, 6.07) is 19.8. The van der Waals surface area contributed by atoms with Crippen LogP contribution >= 0.6 is 43.5 Å². The molecule has 0 unspecified atom stereocenters. The Morgan fingerprint density at radius 2 is 1.78 bits per heavy atom. The van der Waals surface area contributed by atoms with E-state index in [1.165, 1.54) is 6.08 Å². The van der Waals surface area contributed by atoms with E-state index < -0.39 is 5.91 Å². The van der Waals surface area contributed by atoms with E-state index in [-0.39, 0.29) is 5.57 Å². The summed E-state index contributed by atoms with van der Waals surface area (Å²) in [5.74, 6) is 0.748. The zero-order valence-corrected chi connectivity index (χ0v) is 20.8. The van der Waals surface area contributed by atoms with Crippen molar-refractivity contribution >= 4 is 61.1 Å². The molecule has 162 valence electrons. The van der Waals surface area contributed by atoms with Gasteiger partial charge in [0, 0.05) is 16.3 Å². The molecule has 3 aromatic carbocycles. The van der Waals surface area contributed by atoms with Gasteiger partial charge in [-0.25, -0.2) is 0 Å². The van der Waals surface area contributed by atoms with Crippen molar-refractivity contribution in [2.75, 3.05) is 12.4 Å². The summed E-state index contributed by atoms with van der Waals surface area (Å²) >= 11 is 13.2. The number of nitriles is 1. The van der Waals surface area contributed by atoms with E-state index in [0.717, 1.165) is 5.56 Å². The predicted molar refractivity (Wildman–Crippen MR) is 133 cm³/mol. The molecule has 0 saturated heterocycles. The molecule has 1 amide bonds. The number of methoxy groups -OCH3 is 1. The van der Waals surface area contributed by atoms with Crippen molar-refractivity contribution in [3.05, 3.63) is 91.3 Å². The maximum atomic E-state index is 12.5. The quantitative estimate of drug-likeness (QED) is 0.243. The summed E-state index contributed by atoms with van der Waals surface area (Å²) < 4.78 is 12.3. The third kappa shape index (κ3) is 6.13. The summed E-state index contributed by atoms with van der Waals surface area (Å²) in [7, 11) is 1.56. The van der Waals surface area contributed by atoms with Gasteiger partial charge in [-0.1, -0.05) is 29.8 Å². The summed E-state index contributed by atoms with van der Waals surface area (Å²) in [4.78, 5) is 12.5. The number of hydrogen-bond acceptors (Lipinski definition) is 4. The zero-order chi connectivity index (χ0) is 23.1. The molecule has 0 aliphatic carbocycles. The number of anilines is 1. The Hall–Kier alpha value is -2.79. The van der Waals surface area contributed by atoms with Crippen LogP contribution in [0.3, 0.4) is 0 Å². The molecule has 3 aromatic rings. The number of hydrogen-bond donors (Lipinski definition) is 1. The molecule has 0 heterocycles. The Labute approximate surface area is 207 Å². The van der Waals surface area contributed by atoms with Gasteiger partial charge in [-0.05, 0) is 86.0 Å². The van der Waals surface area contributed by atoms with Gasteiger partial charge in [0.1, 0.15) is 29.7 Å². The average molecular weight is 577 g/mol. The van der Waals surface area contributed by atoms with Crippen molar-refractivity contribution in [3.8, 4) is 17.6 Å². The van der Waals surface area contributed by atoms with Crippen molar-refractivity contribution in [3.63, 3.8) is 0 Å². The van der Waals surface area contributed by atoms with Gasteiger partial charge >= 0.3 is 0 Å². The molecule has 0 atom stereocenters. The number of carbonyl (C=O) groups is 1. The summed E-state index contributed by atoms with van der Waals surface area (Å²) in [6.07, 6.45) is 1.51. The van der Waals surface area contributed by atoms with Crippen LogP contribution < -0.4 is 14.8 Å². The molecule has 0 saturated carbocycles. The lowest BCUT2D eigenvalue weighted by Gasteiger charge is -2.12. The Balaban J connectivity index is 1.76. The molecule has 0 fully saturated rings. The van der Waals surface area contributed by atoms with E-state index in [4.69, 9.17) is 21.1 Å². The second kappa shape index (κ2) is 11.2. The highest BCUT2D eigenvalue weighted by molar-refractivity contribution is 9.11. The number of nitrogens with one attached hydrogen (secondary N) is 1. The fourth-order valence-corrected chi connectivity index (χ4v) is 4.40. The molecule has 0 spiro atoms. The van der Waals surface area contributed by atoms with E-state index >= 15 is 0 Å². The highest BCUT2D eigenvalue weighted by Crippen LogP contribution is 2.36. The normalized spacial score (nSPS) is 10.9. The maximum Gasteiger partial charge on any atom is 0.266 e. The molecule has 1 N–H and O–H groups in total. The Morgan fingerprint density at radius 3 is 2.38 bits per heavy atom. The molecule has 0 aliphatic rings. The first-order valence-corrected chi connectivity index (χ1v) is 11.3. The van der Waals surface area contributed by atoms with Crippen LogP contribution in [0.5, 0.6) is 11.5 Å². The lowest BCUT2D eigenvalue weighted by atomic mass is 10.1. The summed E-state index contributed by atoms with van der Waals surface area (Å²) in [6.45, 7) is 0.291. The van der Waals surface area contributed by atoms with Gasteiger partial charge in [0.2, 0.25) is 0 Å². The summed E-state index contributed by atoms with van der Waals surface area (Å²) in [5.41, 5.74) is 2.03. The lowest BCUT2D eigenvalue weighted by Crippen LogP contribution is -2.13. The van der Waals surface area contributed by atoms with Gasteiger partial charge in [0.25, 0.3) is 5.91 Å². The van der Waals surface area contributed by atoms with Crippen molar-refractivity contribution in [2.24, 2.45) is 0 Å².